The lowest BCUT2D eigenvalue weighted by molar-refractivity contribution is 0.0494. The molecule has 2 aliphatic carbocycles. The molecule has 6 heteroatoms. The van der Waals surface area contributed by atoms with Crippen LogP contribution in [0.2, 0.25) is 0 Å². The molecule has 142 valence electrons. The Morgan fingerprint density at radius 3 is 2.38 bits per heavy atom. The van der Waals surface area contributed by atoms with Crippen molar-refractivity contribution in [2.75, 3.05) is 39.1 Å². The van der Waals surface area contributed by atoms with Crippen LogP contribution in [0.1, 0.15) is 54.0 Å². The third-order valence-corrected chi connectivity index (χ3v) is 6.91. The number of aryl methyl sites for hydroxylation is 1. The van der Waals surface area contributed by atoms with Crippen molar-refractivity contribution in [1.82, 2.24) is 19.8 Å². The van der Waals surface area contributed by atoms with E-state index in [4.69, 9.17) is 4.98 Å². The van der Waals surface area contributed by atoms with Crippen LogP contribution >= 0.6 is 0 Å². The molecule has 0 bridgehead atoms. The van der Waals surface area contributed by atoms with Crippen molar-refractivity contribution >= 4 is 11.7 Å². The van der Waals surface area contributed by atoms with Crippen molar-refractivity contribution < 1.29 is 4.79 Å². The van der Waals surface area contributed by atoms with Crippen molar-refractivity contribution in [2.24, 2.45) is 5.41 Å². The average Bonchev–Trinajstić information content (AvgIpc) is 3.23. The van der Waals surface area contributed by atoms with Gasteiger partial charge in [0.25, 0.3) is 5.91 Å². The van der Waals surface area contributed by atoms with Crippen molar-refractivity contribution in [3.05, 3.63) is 17.1 Å². The van der Waals surface area contributed by atoms with E-state index in [-0.39, 0.29) is 5.91 Å². The summed E-state index contributed by atoms with van der Waals surface area (Å²) in [6.07, 6.45) is 6.13. The zero-order chi connectivity index (χ0) is 18.6. The lowest BCUT2D eigenvalue weighted by Gasteiger charge is -2.41. The Morgan fingerprint density at radius 2 is 1.81 bits per heavy atom. The summed E-state index contributed by atoms with van der Waals surface area (Å²) in [4.78, 5) is 28.7. The van der Waals surface area contributed by atoms with Crippen LogP contribution in [0, 0.1) is 19.3 Å². The Balaban J connectivity index is 1.53. The Labute approximate surface area is 156 Å². The maximum atomic E-state index is 13.0. The number of anilines is 1. The number of carbonyl (C=O) groups excluding carboxylic acids is 1. The van der Waals surface area contributed by atoms with E-state index in [1.807, 2.05) is 18.9 Å². The maximum Gasteiger partial charge on any atom is 0.291 e. The fourth-order valence-corrected chi connectivity index (χ4v) is 4.50. The molecule has 0 unspecified atom stereocenters. The van der Waals surface area contributed by atoms with E-state index >= 15 is 0 Å². The van der Waals surface area contributed by atoms with Crippen LogP contribution in [0.25, 0.3) is 0 Å². The fraction of sp³-hybridized carbons (Fsp3) is 0.750. The predicted molar refractivity (Wildman–Crippen MR) is 103 cm³/mol. The second-order valence-electron chi connectivity index (χ2n) is 8.91. The van der Waals surface area contributed by atoms with E-state index in [1.165, 1.54) is 12.8 Å². The van der Waals surface area contributed by atoms with Gasteiger partial charge in [0.2, 0.25) is 5.82 Å². The third kappa shape index (κ3) is 2.98. The van der Waals surface area contributed by atoms with Crippen LogP contribution in [0.4, 0.5) is 5.82 Å². The van der Waals surface area contributed by atoms with Gasteiger partial charge in [-0.1, -0.05) is 0 Å². The van der Waals surface area contributed by atoms with E-state index in [2.05, 4.69) is 35.8 Å². The monoisotopic (exact) mass is 357 g/mol. The van der Waals surface area contributed by atoms with Gasteiger partial charge in [0, 0.05) is 43.5 Å². The molecule has 3 fully saturated rings. The molecule has 4 rings (SSSR count). The summed E-state index contributed by atoms with van der Waals surface area (Å²) < 4.78 is 0. The number of hydrogen-bond donors (Lipinski definition) is 0. The summed E-state index contributed by atoms with van der Waals surface area (Å²) in [7, 11) is 6.17. The second-order valence-corrected chi connectivity index (χ2v) is 8.91. The molecule has 1 spiro atoms. The Morgan fingerprint density at radius 1 is 1.12 bits per heavy atom. The molecule has 26 heavy (non-hydrogen) atoms. The number of aromatic nitrogens is 2. The first kappa shape index (κ1) is 17.7. The smallest absolute Gasteiger partial charge is 0.291 e. The normalized spacial score (nSPS) is 24.2. The summed E-state index contributed by atoms with van der Waals surface area (Å²) >= 11 is 0. The van der Waals surface area contributed by atoms with Crippen LogP contribution in [-0.4, -0.2) is 72.0 Å². The summed E-state index contributed by atoms with van der Waals surface area (Å²) in [5.41, 5.74) is 2.59. The van der Waals surface area contributed by atoms with Crippen molar-refractivity contribution in [1.29, 1.82) is 0 Å². The minimum Gasteiger partial charge on any atom is -0.355 e. The molecule has 1 aromatic rings. The molecule has 3 aliphatic rings. The van der Waals surface area contributed by atoms with Crippen molar-refractivity contribution in [3.63, 3.8) is 0 Å². The van der Waals surface area contributed by atoms with Crippen LogP contribution < -0.4 is 4.90 Å². The van der Waals surface area contributed by atoms with Gasteiger partial charge >= 0.3 is 0 Å². The topological polar surface area (TPSA) is 52.6 Å². The quantitative estimate of drug-likeness (QED) is 0.827. The second kappa shape index (κ2) is 6.19. The third-order valence-electron chi connectivity index (χ3n) is 6.91. The van der Waals surface area contributed by atoms with Gasteiger partial charge in [0.15, 0.2) is 0 Å². The lowest BCUT2D eigenvalue weighted by Crippen LogP contribution is -2.47. The summed E-state index contributed by atoms with van der Waals surface area (Å²) in [5.74, 6) is 1.26. The minimum absolute atomic E-state index is 0.0294. The van der Waals surface area contributed by atoms with Crippen molar-refractivity contribution in [2.45, 2.75) is 58.0 Å². The van der Waals surface area contributed by atoms with Crippen molar-refractivity contribution in [3.8, 4) is 0 Å². The highest BCUT2D eigenvalue weighted by Crippen LogP contribution is 2.61. The van der Waals surface area contributed by atoms with Gasteiger partial charge in [-0.3, -0.25) is 4.79 Å². The lowest BCUT2D eigenvalue weighted by atomic mass is 9.76. The number of amides is 1. The van der Waals surface area contributed by atoms with Gasteiger partial charge in [-0.2, -0.15) is 0 Å². The molecule has 0 N–H and O–H groups in total. The fourth-order valence-electron chi connectivity index (χ4n) is 4.50. The van der Waals surface area contributed by atoms with Crippen LogP contribution in [0.15, 0.2) is 0 Å². The summed E-state index contributed by atoms with van der Waals surface area (Å²) in [6, 6.07) is 0.903. The molecule has 1 amide bonds. The van der Waals surface area contributed by atoms with E-state index in [9.17, 15) is 4.79 Å². The number of carbonyl (C=O) groups is 1. The average molecular weight is 358 g/mol. The summed E-state index contributed by atoms with van der Waals surface area (Å²) in [5, 5.41) is 0. The van der Waals surface area contributed by atoms with Gasteiger partial charge in [0.1, 0.15) is 5.82 Å². The van der Waals surface area contributed by atoms with Gasteiger partial charge in [0.05, 0.1) is 0 Å². The highest BCUT2D eigenvalue weighted by atomic mass is 16.2. The van der Waals surface area contributed by atoms with E-state index in [0.29, 0.717) is 23.3 Å². The molecule has 1 aromatic heterocycles. The number of hydrogen-bond acceptors (Lipinski definition) is 5. The highest BCUT2D eigenvalue weighted by Gasteiger charge is 2.54. The first-order valence-electron chi connectivity index (χ1n) is 9.83. The zero-order valence-corrected chi connectivity index (χ0v) is 16.7. The number of likely N-dealkylation sites (N-methyl/N-ethyl adjacent to an activating group) is 1. The number of nitrogens with zero attached hydrogens (tertiary/aromatic N) is 5. The Kier molecular flexibility index (Phi) is 4.21. The van der Waals surface area contributed by atoms with Gasteiger partial charge in [-0.25, -0.2) is 9.97 Å². The molecule has 2 heterocycles. The first-order chi connectivity index (χ1) is 12.3. The molecule has 6 nitrogen and oxygen atoms in total. The van der Waals surface area contributed by atoms with E-state index in [1.54, 1.807) is 0 Å². The largest absolute Gasteiger partial charge is 0.355 e. The van der Waals surface area contributed by atoms with Gasteiger partial charge in [-0.15, -0.1) is 0 Å². The van der Waals surface area contributed by atoms with E-state index < -0.39 is 0 Å². The predicted octanol–water partition coefficient (Wildman–Crippen LogP) is 2.25. The molecule has 0 radical (unpaired) electrons. The standard InChI is InChI=1S/C20H31N5O/c1-13-14(2)21-17(19(26)24(5)16-10-20(11-16)7-8-20)22-18(13)25-9-6-15(12-25)23(3)4/h15-16H,6-12H2,1-5H3/t15-/m1/s1. The SMILES string of the molecule is Cc1nc(C(=O)N(C)C2CC3(CC3)C2)nc(N2CC[C@@H](N(C)C)C2)c1C. The Bertz CT molecular complexity index is 719. The minimum atomic E-state index is -0.0294. The summed E-state index contributed by atoms with van der Waals surface area (Å²) in [6.45, 7) is 5.99. The molecular formula is C20H31N5O. The first-order valence-corrected chi connectivity index (χ1v) is 9.83. The van der Waals surface area contributed by atoms with Gasteiger partial charge < -0.3 is 14.7 Å². The molecule has 1 aliphatic heterocycles. The maximum absolute atomic E-state index is 13.0. The molecule has 1 atom stereocenters. The highest BCUT2D eigenvalue weighted by molar-refractivity contribution is 5.91. The number of rotatable bonds is 4. The zero-order valence-electron chi connectivity index (χ0n) is 16.7. The van der Waals surface area contributed by atoms with Crippen LogP contribution in [0.5, 0.6) is 0 Å². The molecule has 0 aromatic carbocycles. The molecule has 2 saturated carbocycles. The van der Waals surface area contributed by atoms with Crippen LogP contribution in [0.3, 0.4) is 0 Å². The van der Waals surface area contributed by atoms with E-state index in [0.717, 1.165) is 49.4 Å². The Hall–Kier alpha value is -1.69. The van der Waals surface area contributed by atoms with Crippen LogP contribution in [-0.2, 0) is 0 Å². The van der Waals surface area contributed by atoms with Gasteiger partial charge in [-0.05, 0) is 65.5 Å². The molecular weight excluding hydrogens is 326 g/mol. The molecule has 1 saturated heterocycles.